The molecular weight excluding hydrogens is 220 g/mol. The van der Waals surface area contributed by atoms with E-state index in [1.807, 2.05) is 80.0 Å². The first-order valence-corrected chi connectivity index (χ1v) is 5.92. The van der Waals surface area contributed by atoms with Crippen molar-refractivity contribution in [2.24, 2.45) is 4.99 Å². The van der Waals surface area contributed by atoms with E-state index in [-0.39, 0.29) is 0 Å². The lowest BCUT2D eigenvalue weighted by atomic mass is 10.3. The number of nitrogens with one attached hydrogen (secondary N) is 1. The van der Waals surface area contributed by atoms with Crippen molar-refractivity contribution in [3.63, 3.8) is 0 Å². The highest BCUT2D eigenvalue weighted by molar-refractivity contribution is 5.80. The standard InChI is InChI=1S/C16H16N2/c1-14(12-17-15-8-4-2-5-9-15)13-18-16-10-6-3-7-11-16/h2-13,17H,1H3/b14-12+,18-13?. The third-order valence-electron chi connectivity index (χ3n) is 2.41. The van der Waals surface area contributed by atoms with Crippen LogP contribution in [0.15, 0.2) is 77.4 Å². The highest BCUT2D eigenvalue weighted by Crippen LogP contribution is 2.10. The van der Waals surface area contributed by atoms with E-state index in [0.29, 0.717) is 0 Å². The van der Waals surface area contributed by atoms with Crippen LogP contribution in [0.3, 0.4) is 0 Å². The van der Waals surface area contributed by atoms with E-state index in [2.05, 4.69) is 10.3 Å². The van der Waals surface area contributed by atoms with Crippen molar-refractivity contribution in [2.45, 2.75) is 6.92 Å². The van der Waals surface area contributed by atoms with Gasteiger partial charge in [-0.15, -0.1) is 0 Å². The fourth-order valence-electron chi connectivity index (χ4n) is 1.46. The summed E-state index contributed by atoms with van der Waals surface area (Å²) in [6.07, 6.45) is 3.80. The maximum Gasteiger partial charge on any atom is 0.0629 e. The molecule has 0 aliphatic heterocycles. The van der Waals surface area contributed by atoms with Gasteiger partial charge in [-0.05, 0) is 36.8 Å². The van der Waals surface area contributed by atoms with E-state index >= 15 is 0 Å². The first-order valence-electron chi connectivity index (χ1n) is 5.92. The van der Waals surface area contributed by atoms with E-state index in [1.165, 1.54) is 0 Å². The van der Waals surface area contributed by atoms with Crippen LogP contribution in [0.2, 0.25) is 0 Å². The van der Waals surface area contributed by atoms with Gasteiger partial charge in [-0.2, -0.15) is 0 Å². The molecular formula is C16H16N2. The molecule has 90 valence electrons. The van der Waals surface area contributed by atoms with Gasteiger partial charge in [-0.3, -0.25) is 4.99 Å². The van der Waals surface area contributed by atoms with Crippen molar-refractivity contribution >= 4 is 17.6 Å². The summed E-state index contributed by atoms with van der Waals surface area (Å²) >= 11 is 0. The predicted octanol–water partition coefficient (Wildman–Crippen LogP) is 4.40. The molecule has 0 saturated carbocycles. The van der Waals surface area contributed by atoms with Crippen LogP contribution in [-0.2, 0) is 0 Å². The van der Waals surface area contributed by atoms with E-state index < -0.39 is 0 Å². The van der Waals surface area contributed by atoms with Crippen LogP contribution in [0.25, 0.3) is 0 Å². The van der Waals surface area contributed by atoms with Crippen LogP contribution in [0.5, 0.6) is 0 Å². The zero-order chi connectivity index (χ0) is 12.6. The molecule has 2 aromatic rings. The quantitative estimate of drug-likeness (QED) is 0.781. The van der Waals surface area contributed by atoms with Gasteiger partial charge >= 0.3 is 0 Å². The van der Waals surface area contributed by atoms with Crippen molar-refractivity contribution < 1.29 is 0 Å². The Hall–Kier alpha value is -2.35. The van der Waals surface area contributed by atoms with Gasteiger partial charge in [0.1, 0.15) is 0 Å². The second kappa shape index (κ2) is 6.40. The number of aliphatic imine (C=N–C) groups is 1. The number of benzene rings is 2. The minimum Gasteiger partial charge on any atom is -0.361 e. The summed E-state index contributed by atoms with van der Waals surface area (Å²) in [5.41, 5.74) is 3.11. The molecule has 0 amide bonds. The van der Waals surface area contributed by atoms with Gasteiger partial charge in [-0.25, -0.2) is 0 Å². The fourth-order valence-corrected chi connectivity index (χ4v) is 1.46. The number of nitrogens with zero attached hydrogens (tertiary/aromatic N) is 1. The second-order valence-corrected chi connectivity index (χ2v) is 3.99. The zero-order valence-corrected chi connectivity index (χ0v) is 10.4. The van der Waals surface area contributed by atoms with Crippen LogP contribution in [0.1, 0.15) is 6.92 Å². The normalized spacial score (nSPS) is 11.7. The van der Waals surface area contributed by atoms with Gasteiger partial charge in [-0.1, -0.05) is 36.4 Å². The van der Waals surface area contributed by atoms with Crippen molar-refractivity contribution in [2.75, 3.05) is 5.32 Å². The number of hydrogen-bond donors (Lipinski definition) is 1. The van der Waals surface area contributed by atoms with E-state index in [9.17, 15) is 0 Å². The lowest BCUT2D eigenvalue weighted by Crippen LogP contribution is -1.89. The lowest BCUT2D eigenvalue weighted by Gasteiger charge is -2.00. The molecule has 0 aliphatic carbocycles. The van der Waals surface area contributed by atoms with Crippen molar-refractivity contribution in [1.82, 2.24) is 0 Å². The predicted molar refractivity (Wildman–Crippen MR) is 78.4 cm³/mol. The van der Waals surface area contributed by atoms with Gasteiger partial charge in [0.25, 0.3) is 0 Å². The zero-order valence-electron chi connectivity index (χ0n) is 10.4. The van der Waals surface area contributed by atoms with Gasteiger partial charge in [0, 0.05) is 18.1 Å². The Labute approximate surface area is 108 Å². The SMILES string of the molecule is C/C(C=Nc1ccccc1)=C\Nc1ccccc1. The summed E-state index contributed by atoms with van der Waals surface area (Å²) in [5.74, 6) is 0. The summed E-state index contributed by atoms with van der Waals surface area (Å²) in [6.45, 7) is 2.02. The summed E-state index contributed by atoms with van der Waals surface area (Å²) in [5, 5.41) is 3.23. The topological polar surface area (TPSA) is 24.4 Å². The van der Waals surface area contributed by atoms with Gasteiger partial charge in [0.05, 0.1) is 5.69 Å². The molecule has 2 rings (SSSR count). The number of para-hydroxylation sites is 2. The van der Waals surface area contributed by atoms with Gasteiger partial charge in [0.15, 0.2) is 0 Å². The van der Waals surface area contributed by atoms with Crippen molar-refractivity contribution in [3.05, 3.63) is 72.4 Å². The molecule has 0 atom stereocenters. The summed E-state index contributed by atoms with van der Waals surface area (Å²) in [6, 6.07) is 20.0. The lowest BCUT2D eigenvalue weighted by molar-refractivity contribution is 1.48. The van der Waals surface area contributed by atoms with Crippen molar-refractivity contribution in [1.29, 1.82) is 0 Å². The Balaban J connectivity index is 1.96. The Morgan fingerprint density at radius 1 is 0.944 bits per heavy atom. The molecule has 0 aliphatic rings. The Morgan fingerprint density at radius 3 is 2.22 bits per heavy atom. The van der Waals surface area contributed by atoms with Gasteiger partial charge < -0.3 is 5.32 Å². The minimum absolute atomic E-state index is 0.963. The van der Waals surface area contributed by atoms with Crippen LogP contribution >= 0.6 is 0 Å². The van der Waals surface area contributed by atoms with E-state index in [1.54, 1.807) is 0 Å². The smallest absolute Gasteiger partial charge is 0.0629 e. The molecule has 2 aromatic carbocycles. The first-order chi connectivity index (χ1) is 8.84. The molecule has 0 heterocycles. The highest BCUT2D eigenvalue weighted by atomic mass is 14.8. The average molecular weight is 236 g/mol. The molecule has 0 aromatic heterocycles. The van der Waals surface area contributed by atoms with Crippen molar-refractivity contribution in [3.8, 4) is 0 Å². The molecule has 18 heavy (non-hydrogen) atoms. The van der Waals surface area contributed by atoms with E-state index in [0.717, 1.165) is 16.9 Å². The maximum atomic E-state index is 4.39. The largest absolute Gasteiger partial charge is 0.361 e. The molecule has 1 N–H and O–H groups in total. The molecule has 0 radical (unpaired) electrons. The first kappa shape index (κ1) is 12.1. The summed E-state index contributed by atoms with van der Waals surface area (Å²) in [4.78, 5) is 4.39. The Bertz CT molecular complexity index is 528. The van der Waals surface area contributed by atoms with Crippen LogP contribution in [-0.4, -0.2) is 6.21 Å². The van der Waals surface area contributed by atoms with Crippen LogP contribution in [0.4, 0.5) is 11.4 Å². The third kappa shape index (κ3) is 3.91. The third-order valence-corrected chi connectivity index (χ3v) is 2.41. The molecule has 0 bridgehead atoms. The summed E-state index contributed by atoms with van der Waals surface area (Å²) in [7, 11) is 0. The molecule has 0 saturated heterocycles. The molecule has 0 fully saturated rings. The minimum atomic E-state index is 0.963. The average Bonchev–Trinajstić information content (AvgIpc) is 2.45. The monoisotopic (exact) mass is 236 g/mol. The molecule has 2 heteroatoms. The molecule has 2 nitrogen and oxygen atoms in total. The van der Waals surface area contributed by atoms with Crippen LogP contribution in [0, 0.1) is 0 Å². The fraction of sp³-hybridized carbons (Fsp3) is 0.0625. The number of anilines is 1. The van der Waals surface area contributed by atoms with Gasteiger partial charge in [0.2, 0.25) is 0 Å². The van der Waals surface area contributed by atoms with E-state index in [4.69, 9.17) is 0 Å². The number of allylic oxidation sites excluding steroid dienone is 1. The highest BCUT2D eigenvalue weighted by Gasteiger charge is 1.87. The van der Waals surface area contributed by atoms with Crippen LogP contribution < -0.4 is 5.32 Å². The molecule has 0 unspecified atom stereocenters. The maximum absolute atomic E-state index is 4.39. The number of rotatable bonds is 4. The second-order valence-electron chi connectivity index (χ2n) is 3.99. The molecule has 0 spiro atoms. The Kier molecular flexibility index (Phi) is 4.31. The summed E-state index contributed by atoms with van der Waals surface area (Å²) < 4.78 is 0. The Morgan fingerprint density at radius 2 is 1.56 bits per heavy atom. The number of hydrogen-bond acceptors (Lipinski definition) is 2.